The number of nitrogen functional groups attached to an aromatic ring is 1. The fourth-order valence-corrected chi connectivity index (χ4v) is 2.27. The molecule has 0 radical (unpaired) electrons. The number of halogens is 1. The lowest BCUT2D eigenvalue weighted by Gasteiger charge is -2.30. The van der Waals surface area contributed by atoms with Gasteiger partial charge in [0.2, 0.25) is 0 Å². The molecule has 0 aliphatic heterocycles. The monoisotopic (exact) mass is 348 g/mol. The van der Waals surface area contributed by atoms with Crippen LogP contribution in [0.15, 0.2) is 18.2 Å². The van der Waals surface area contributed by atoms with Crippen LogP contribution in [0.25, 0.3) is 0 Å². The number of hydrogen-bond acceptors (Lipinski definition) is 3. The zero-order valence-electron chi connectivity index (χ0n) is 10.5. The first-order valence-electron chi connectivity index (χ1n) is 5.96. The Balaban J connectivity index is 2.72. The number of anilines is 2. The number of aliphatic hydroxyl groups excluding tert-OH is 1. The summed E-state index contributed by atoms with van der Waals surface area (Å²) in [5.41, 5.74) is 7.61. The molecule has 4 heteroatoms. The number of rotatable bonds is 6. The molecule has 0 aliphatic rings. The van der Waals surface area contributed by atoms with E-state index in [4.69, 9.17) is 5.73 Å². The van der Waals surface area contributed by atoms with Crippen LogP contribution in [0.2, 0.25) is 0 Å². The molecule has 1 rings (SSSR count). The van der Waals surface area contributed by atoms with Crippen molar-refractivity contribution in [2.45, 2.75) is 26.7 Å². The lowest BCUT2D eigenvalue weighted by Crippen LogP contribution is -2.32. The molecule has 0 saturated carbocycles. The molecule has 0 saturated heterocycles. The van der Waals surface area contributed by atoms with Crippen molar-refractivity contribution in [2.24, 2.45) is 5.41 Å². The molecule has 0 spiro atoms. The van der Waals surface area contributed by atoms with E-state index >= 15 is 0 Å². The van der Waals surface area contributed by atoms with E-state index in [9.17, 15) is 5.11 Å². The Kier molecular flexibility index (Phi) is 5.52. The number of nitrogens with two attached hydrogens (primary N) is 1. The van der Waals surface area contributed by atoms with E-state index in [0.717, 1.165) is 34.3 Å². The van der Waals surface area contributed by atoms with Crippen molar-refractivity contribution in [1.29, 1.82) is 0 Å². The zero-order valence-corrected chi connectivity index (χ0v) is 12.6. The minimum absolute atomic E-state index is 0.0462. The Bertz CT molecular complexity index is 356. The second-order valence-electron chi connectivity index (χ2n) is 4.45. The maximum atomic E-state index is 9.50. The first-order valence-corrected chi connectivity index (χ1v) is 7.04. The summed E-state index contributed by atoms with van der Waals surface area (Å²) in [5, 5.41) is 12.8. The molecule has 0 fully saturated rings. The SMILES string of the molecule is CCC(CC)(CO)CNc1ccc(I)cc1N. The van der Waals surface area contributed by atoms with Crippen molar-refractivity contribution in [3.05, 3.63) is 21.8 Å². The summed E-state index contributed by atoms with van der Waals surface area (Å²) < 4.78 is 1.13. The molecular weight excluding hydrogens is 327 g/mol. The van der Waals surface area contributed by atoms with Gasteiger partial charge in [-0.15, -0.1) is 0 Å². The first kappa shape index (κ1) is 14.6. The normalized spacial score (nSPS) is 11.5. The molecule has 0 heterocycles. The maximum absolute atomic E-state index is 9.50. The van der Waals surface area contributed by atoms with Crippen LogP contribution in [0, 0.1) is 8.99 Å². The Labute approximate surface area is 117 Å². The van der Waals surface area contributed by atoms with E-state index in [1.807, 2.05) is 18.2 Å². The number of benzene rings is 1. The molecule has 0 aromatic heterocycles. The van der Waals surface area contributed by atoms with Crippen molar-refractivity contribution in [3.8, 4) is 0 Å². The maximum Gasteiger partial charge on any atom is 0.0574 e. The predicted molar refractivity (Wildman–Crippen MR) is 82.2 cm³/mol. The molecule has 1 aromatic rings. The van der Waals surface area contributed by atoms with Gasteiger partial charge in [-0.3, -0.25) is 0 Å². The van der Waals surface area contributed by atoms with Gasteiger partial charge in [0.15, 0.2) is 0 Å². The van der Waals surface area contributed by atoms with Gasteiger partial charge in [-0.05, 0) is 53.6 Å². The highest BCUT2D eigenvalue weighted by Gasteiger charge is 2.24. The quantitative estimate of drug-likeness (QED) is 0.547. The van der Waals surface area contributed by atoms with Crippen molar-refractivity contribution in [1.82, 2.24) is 0 Å². The van der Waals surface area contributed by atoms with Crippen molar-refractivity contribution >= 4 is 34.0 Å². The molecule has 0 unspecified atom stereocenters. The van der Waals surface area contributed by atoms with E-state index in [1.54, 1.807) is 0 Å². The predicted octanol–water partition coefficient (Wildman–Crippen LogP) is 3.08. The van der Waals surface area contributed by atoms with Gasteiger partial charge >= 0.3 is 0 Å². The van der Waals surface area contributed by atoms with Crippen LogP contribution in [0.5, 0.6) is 0 Å². The van der Waals surface area contributed by atoms with Crippen molar-refractivity contribution in [3.63, 3.8) is 0 Å². The van der Waals surface area contributed by atoms with Crippen LogP contribution in [0.1, 0.15) is 26.7 Å². The zero-order chi connectivity index (χ0) is 12.9. The lowest BCUT2D eigenvalue weighted by atomic mass is 9.83. The van der Waals surface area contributed by atoms with Gasteiger partial charge < -0.3 is 16.2 Å². The van der Waals surface area contributed by atoms with E-state index in [2.05, 4.69) is 41.8 Å². The summed E-state index contributed by atoms with van der Waals surface area (Å²) in [6.07, 6.45) is 1.91. The van der Waals surface area contributed by atoms with E-state index in [0.29, 0.717) is 0 Å². The highest BCUT2D eigenvalue weighted by Crippen LogP contribution is 2.28. The summed E-state index contributed by atoms with van der Waals surface area (Å²) in [7, 11) is 0. The van der Waals surface area contributed by atoms with Crippen LogP contribution in [-0.2, 0) is 0 Å². The largest absolute Gasteiger partial charge is 0.397 e. The van der Waals surface area contributed by atoms with Gasteiger partial charge in [-0.2, -0.15) is 0 Å². The summed E-state index contributed by atoms with van der Waals surface area (Å²) in [6.45, 7) is 5.18. The topological polar surface area (TPSA) is 58.3 Å². The van der Waals surface area contributed by atoms with E-state index in [-0.39, 0.29) is 12.0 Å². The number of nitrogens with one attached hydrogen (secondary N) is 1. The Morgan fingerprint density at radius 1 is 1.35 bits per heavy atom. The summed E-state index contributed by atoms with van der Waals surface area (Å²) >= 11 is 2.24. The number of aliphatic hydroxyl groups is 1. The standard InChI is InChI=1S/C13H21IN2O/c1-3-13(4-2,9-17)8-16-12-6-5-10(14)7-11(12)15/h5-7,16-17H,3-4,8-9,15H2,1-2H3. The molecule has 0 amide bonds. The smallest absolute Gasteiger partial charge is 0.0574 e. The first-order chi connectivity index (χ1) is 8.06. The minimum Gasteiger partial charge on any atom is -0.397 e. The third-order valence-corrected chi connectivity index (χ3v) is 4.17. The fourth-order valence-electron chi connectivity index (χ4n) is 1.76. The lowest BCUT2D eigenvalue weighted by molar-refractivity contribution is 0.127. The average Bonchev–Trinajstić information content (AvgIpc) is 2.33. The summed E-state index contributed by atoms with van der Waals surface area (Å²) in [4.78, 5) is 0. The van der Waals surface area contributed by atoms with Gasteiger partial charge in [-0.1, -0.05) is 13.8 Å². The Morgan fingerprint density at radius 3 is 2.47 bits per heavy atom. The number of hydrogen-bond donors (Lipinski definition) is 3. The van der Waals surface area contributed by atoms with Gasteiger partial charge in [0.05, 0.1) is 18.0 Å². The van der Waals surface area contributed by atoms with E-state index in [1.165, 1.54) is 0 Å². The summed E-state index contributed by atoms with van der Waals surface area (Å²) in [5.74, 6) is 0. The van der Waals surface area contributed by atoms with Gasteiger partial charge in [-0.25, -0.2) is 0 Å². The van der Waals surface area contributed by atoms with Crippen LogP contribution in [0.4, 0.5) is 11.4 Å². The van der Waals surface area contributed by atoms with Crippen LogP contribution in [0.3, 0.4) is 0 Å². The average molecular weight is 348 g/mol. The van der Waals surface area contributed by atoms with Gasteiger partial charge in [0.25, 0.3) is 0 Å². The molecule has 0 atom stereocenters. The molecule has 3 nitrogen and oxygen atoms in total. The van der Waals surface area contributed by atoms with Gasteiger partial charge in [0, 0.05) is 15.5 Å². The van der Waals surface area contributed by atoms with Gasteiger partial charge in [0.1, 0.15) is 0 Å². The Morgan fingerprint density at radius 2 is 2.00 bits per heavy atom. The van der Waals surface area contributed by atoms with Crippen LogP contribution < -0.4 is 11.1 Å². The molecule has 0 bridgehead atoms. The molecule has 96 valence electrons. The fraction of sp³-hybridized carbons (Fsp3) is 0.538. The molecule has 1 aromatic carbocycles. The molecule has 4 N–H and O–H groups in total. The van der Waals surface area contributed by atoms with Crippen LogP contribution in [-0.4, -0.2) is 18.3 Å². The highest BCUT2D eigenvalue weighted by molar-refractivity contribution is 14.1. The second kappa shape index (κ2) is 6.44. The minimum atomic E-state index is -0.0462. The molecular formula is C13H21IN2O. The second-order valence-corrected chi connectivity index (χ2v) is 5.70. The third kappa shape index (κ3) is 3.74. The van der Waals surface area contributed by atoms with Crippen molar-refractivity contribution < 1.29 is 5.11 Å². The highest BCUT2D eigenvalue weighted by atomic mass is 127. The molecule has 17 heavy (non-hydrogen) atoms. The third-order valence-electron chi connectivity index (χ3n) is 3.50. The van der Waals surface area contributed by atoms with Crippen molar-refractivity contribution in [2.75, 3.05) is 24.2 Å². The Hall–Kier alpha value is -0.490. The van der Waals surface area contributed by atoms with Crippen LogP contribution >= 0.6 is 22.6 Å². The summed E-state index contributed by atoms with van der Waals surface area (Å²) in [6, 6.07) is 5.96. The van der Waals surface area contributed by atoms with E-state index < -0.39 is 0 Å². The molecule has 0 aliphatic carbocycles.